The van der Waals surface area contributed by atoms with Crippen molar-refractivity contribution in [2.75, 3.05) is 39.3 Å². The highest BCUT2D eigenvalue weighted by Gasteiger charge is 2.32. The van der Waals surface area contributed by atoms with E-state index in [0.29, 0.717) is 30.2 Å². The van der Waals surface area contributed by atoms with Crippen LogP contribution in [0, 0.1) is 6.92 Å². The molecule has 4 aromatic rings. The summed E-state index contributed by atoms with van der Waals surface area (Å²) in [5.41, 5.74) is 0.431. The fourth-order valence-corrected chi connectivity index (χ4v) is 5.87. The van der Waals surface area contributed by atoms with Gasteiger partial charge in [-0.3, -0.25) is 14.8 Å². The van der Waals surface area contributed by atoms with E-state index < -0.39 is 17.8 Å². The predicted octanol–water partition coefficient (Wildman–Crippen LogP) is 5.32. The average Bonchev–Trinajstić information content (AvgIpc) is 3.51. The lowest BCUT2D eigenvalue weighted by Gasteiger charge is -2.40. The number of halogens is 4. The quantitative estimate of drug-likeness (QED) is 0.278. The van der Waals surface area contributed by atoms with Crippen LogP contribution in [0.4, 0.5) is 13.2 Å². The molecule has 1 N–H and O–H groups in total. The Labute approximate surface area is 238 Å². The van der Waals surface area contributed by atoms with E-state index in [4.69, 9.17) is 20.9 Å². The average molecular weight is 596 g/mol. The van der Waals surface area contributed by atoms with Gasteiger partial charge in [0.1, 0.15) is 35.6 Å². The molecule has 13 heteroatoms. The van der Waals surface area contributed by atoms with E-state index >= 15 is 0 Å². The number of β-amino-alcohol motifs (C(OH)–C–C–N with tert-alkyl or cyclic N) is 1. The van der Waals surface area contributed by atoms with Gasteiger partial charge >= 0.3 is 6.18 Å². The Kier molecular flexibility index (Phi) is 8.62. The number of benzene rings is 1. The minimum absolute atomic E-state index is 0.136. The highest BCUT2D eigenvalue weighted by atomic mass is 35.5. The molecule has 1 aliphatic heterocycles. The number of thiazole rings is 1. The van der Waals surface area contributed by atoms with Crippen LogP contribution in [0.2, 0.25) is 5.02 Å². The maximum absolute atomic E-state index is 12.9. The van der Waals surface area contributed by atoms with Crippen molar-refractivity contribution in [2.45, 2.75) is 38.6 Å². The fourth-order valence-electron chi connectivity index (χ4n) is 4.80. The molecule has 1 aliphatic rings. The molecule has 0 spiro atoms. The second-order valence-electron chi connectivity index (χ2n) is 9.95. The lowest BCUT2D eigenvalue weighted by atomic mass is 10.1. The predicted molar refractivity (Wildman–Crippen MR) is 147 cm³/mol. The van der Waals surface area contributed by atoms with E-state index in [9.17, 15) is 18.3 Å². The molecule has 0 unspecified atom stereocenters. The van der Waals surface area contributed by atoms with Crippen LogP contribution in [0.1, 0.15) is 23.3 Å². The van der Waals surface area contributed by atoms with Crippen molar-refractivity contribution < 1.29 is 27.5 Å². The monoisotopic (exact) mass is 595 g/mol. The van der Waals surface area contributed by atoms with Crippen LogP contribution >= 0.6 is 22.9 Å². The molecular formula is C27H29ClF3N5O3S. The Hall–Kier alpha value is -2.77. The number of piperazine rings is 1. The van der Waals surface area contributed by atoms with Gasteiger partial charge in [-0.1, -0.05) is 16.8 Å². The number of hydrogen-bond acceptors (Lipinski definition) is 9. The summed E-state index contributed by atoms with van der Waals surface area (Å²) in [5, 5.41) is 15.4. The SMILES string of the molecule is Cc1nc2cc(OC[C@@H](O)CN3CCN(CCc4cc(-c5ncc(C(F)(F)F)cc5Cl)no4)[C@@H](C)C3)ccc2s1. The van der Waals surface area contributed by atoms with Crippen molar-refractivity contribution >= 4 is 33.2 Å². The first-order chi connectivity index (χ1) is 19.0. The molecule has 0 saturated carbocycles. The molecule has 3 aromatic heterocycles. The third-order valence-corrected chi connectivity index (χ3v) is 8.08. The molecule has 0 radical (unpaired) electrons. The molecule has 8 nitrogen and oxygen atoms in total. The zero-order chi connectivity index (χ0) is 28.4. The van der Waals surface area contributed by atoms with Crippen LogP contribution in [0.15, 0.2) is 41.1 Å². The van der Waals surface area contributed by atoms with E-state index in [2.05, 4.69) is 31.8 Å². The van der Waals surface area contributed by atoms with Gasteiger partial charge < -0.3 is 14.4 Å². The number of aryl methyl sites for hydroxylation is 1. The summed E-state index contributed by atoms with van der Waals surface area (Å²) in [6.07, 6.45) is -3.82. The summed E-state index contributed by atoms with van der Waals surface area (Å²) in [5.74, 6) is 1.29. The number of fused-ring (bicyclic) bond motifs is 1. The third kappa shape index (κ3) is 6.92. The van der Waals surface area contributed by atoms with Gasteiger partial charge in [-0.2, -0.15) is 13.2 Å². The highest BCUT2D eigenvalue weighted by molar-refractivity contribution is 7.18. The zero-order valence-corrected chi connectivity index (χ0v) is 23.6. The van der Waals surface area contributed by atoms with Crippen LogP contribution in [-0.4, -0.2) is 81.5 Å². The lowest BCUT2D eigenvalue weighted by molar-refractivity contribution is -0.137. The summed E-state index contributed by atoms with van der Waals surface area (Å²) in [6.45, 7) is 7.98. The first kappa shape index (κ1) is 28.7. The Morgan fingerprint density at radius 1 is 1.25 bits per heavy atom. The van der Waals surface area contributed by atoms with Crippen LogP contribution < -0.4 is 4.74 Å². The second kappa shape index (κ2) is 12.0. The molecule has 0 amide bonds. The number of pyridine rings is 1. The number of ether oxygens (including phenoxy) is 1. The number of alkyl halides is 3. The molecule has 1 fully saturated rings. The second-order valence-corrected chi connectivity index (χ2v) is 11.6. The molecule has 0 bridgehead atoms. The van der Waals surface area contributed by atoms with Crippen molar-refractivity contribution in [1.82, 2.24) is 24.9 Å². The largest absolute Gasteiger partial charge is 0.491 e. The minimum atomic E-state index is -4.52. The molecule has 2 atom stereocenters. The number of hydrogen-bond donors (Lipinski definition) is 1. The van der Waals surface area contributed by atoms with Crippen LogP contribution in [0.5, 0.6) is 5.75 Å². The molecule has 4 heterocycles. The molecule has 1 saturated heterocycles. The molecule has 0 aliphatic carbocycles. The van der Waals surface area contributed by atoms with Crippen molar-refractivity contribution in [1.29, 1.82) is 0 Å². The summed E-state index contributed by atoms with van der Waals surface area (Å²) >= 11 is 7.67. The first-order valence-electron chi connectivity index (χ1n) is 12.9. The van der Waals surface area contributed by atoms with Crippen molar-refractivity contribution in [3.05, 3.63) is 57.9 Å². The van der Waals surface area contributed by atoms with Gasteiger partial charge in [0.15, 0.2) is 0 Å². The van der Waals surface area contributed by atoms with Gasteiger partial charge in [0.05, 0.1) is 25.8 Å². The normalized spacial score (nSPS) is 17.9. The number of aromatic nitrogens is 3. The van der Waals surface area contributed by atoms with Gasteiger partial charge in [0.2, 0.25) is 0 Å². The van der Waals surface area contributed by atoms with E-state index in [1.54, 1.807) is 17.4 Å². The topological polar surface area (TPSA) is 87.8 Å². The fraction of sp³-hybridized carbons (Fsp3) is 0.444. The molecule has 214 valence electrons. The van der Waals surface area contributed by atoms with E-state index in [-0.39, 0.29) is 23.4 Å². The van der Waals surface area contributed by atoms with Gasteiger partial charge in [-0.25, -0.2) is 4.98 Å². The Balaban J connectivity index is 1.07. The highest BCUT2D eigenvalue weighted by Crippen LogP contribution is 2.34. The van der Waals surface area contributed by atoms with Gasteiger partial charge in [0, 0.05) is 63.5 Å². The lowest BCUT2D eigenvalue weighted by Crippen LogP contribution is -2.54. The maximum atomic E-state index is 12.9. The van der Waals surface area contributed by atoms with E-state index in [0.717, 1.165) is 53.7 Å². The summed E-state index contributed by atoms with van der Waals surface area (Å²) in [4.78, 5) is 12.9. The summed E-state index contributed by atoms with van der Waals surface area (Å²) < 4.78 is 51.0. The Bertz CT molecular complexity index is 1460. The third-order valence-electron chi connectivity index (χ3n) is 6.84. The van der Waals surface area contributed by atoms with Gasteiger partial charge in [-0.15, -0.1) is 11.3 Å². The first-order valence-corrected chi connectivity index (χ1v) is 14.1. The van der Waals surface area contributed by atoms with Gasteiger partial charge in [0.25, 0.3) is 0 Å². The summed E-state index contributed by atoms with van der Waals surface area (Å²) in [7, 11) is 0. The number of nitrogens with zero attached hydrogens (tertiary/aromatic N) is 5. The summed E-state index contributed by atoms with van der Waals surface area (Å²) in [6, 6.07) is 8.54. The van der Waals surface area contributed by atoms with Crippen LogP contribution in [0.3, 0.4) is 0 Å². The van der Waals surface area contributed by atoms with Crippen molar-refractivity contribution in [3.8, 4) is 17.1 Å². The smallest absolute Gasteiger partial charge is 0.417 e. The maximum Gasteiger partial charge on any atom is 0.417 e. The number of rotatable bonds is 9. The molecule has 40 heavy (non-hydrogen) atoms. The molecular weight excluding hydrogens is 567 g/mol. The molecule has 5 rings (SSSR count). The van der Waals surface area contributed by atoms with E-state index in [1.165, 1.54) is 0 Å². The van der Waals surface area contributed by atoms with Crippen LogP contribution in [-0.2, 0) is 12.6 Å². The van der Waals surface area contributed by atoms with Crippen molar-refractivity contribution in [3.63, 3.8) is 0 Å². The number of aliphatic hydroxyl groups excluding tert-OH is 1. The zero-order valence-electron chi connectivity index (χ0n) is 22.0. The minimum Gasteiger partial charge on any atom is -0.491 e. The molecule has 1 aromatic carbocycles. The standard InChI is InChI=1S/C27H29ClF3N5O3S/c1-16-13-35(14-19(37)15-38-20-3-4-25-23(10-20)33-17(2)40-25)7-8-36(16)6-5-21-11-24(34-39-21)26-22(28)9-18(12-32-26)27(29,30)31/h3-4,9-12,16,19,37H,5-8,13-15H2,1-2H3/t16-,19-/m0/s1. The van der Waals surface area contributed by atoms with E-state index in [1.807, 2.05) is 25.1 Å². The van der Waals surface area contributed by atoms with Gasteiger partial charge in [-0.05, 0) is 32.0 Å². The Morgan fingerprint density at radius 3 is 2.83 bits per heavy atom. The number of aliphatic hydroxyl groups is 1. The van der Waals surface area contributed by atoms with Crippen LogP contribution in [0.25, 0.3) is 21.6 Å². The Morgan fingerprint density at radius 2 is 2.08 bits per heavy atom. The van der Waals surface area contributed by atoms with Crippen molar-refractivity contribution in [2.24, 2.45) is 0 Å².